The second-order valence-corrected chi connectivity index (χ2v) is 6.97. The summed E-state index contributed by atoms with van der Waals surface area (Å²) in [4.78, 5) is 2.46. The number of sulfonamides is 1. The van der Waals surface area contributed by atoms with Gasteiger partial charge in [0.25, 0.3) is 10.0 Å². The van der Waals surface area contributed by atoms with Crippen LogP contribution >= 0.6 is 0 Å². The number of nitrogens with one attached hydrogen (secondary N) is 1. The van der Waals surface area contributed by atoms with E-state index in [9.17, 15) is 8.42 Å². The first-order chi connectivity index (χ1) is 8.78. The predicted molar refractivity (Wildman–Crippen MR) is 73.6 cm³/mol. The Hall–Kier alpha value is -1.40. The Bertz CT molecular complexity index is 589. The molecule has 0 atom stereocenters. The molecule has 1 aromatic rings. The van der Waals surface area contributed by atoms with Crippen LogP contribution in [0.3, 0.4) is 0 Å². The summed E-state index contributed by atoms with van der Waals surface area (Å²) in [5.74, 6) is 0. The third-order valence-corrected chi connectivity index (χ3v) is 4.14. The zero-order valence-electron chi connectivity index (χ0n) is 11.3. The van der Waals surface area contributed by atoms with E-state index in [1.54, 1.807) is 24.3 Å². The summed E-state index contributed by atoms with van der Waals surface area (Å²) in [6, 6.07) is 6.63. The van der Waals surface area contributed by atoms with Crippen LogP contribution in [0.15, 0.2) is 34.3 Å². The Labute approximate surface area is 113 Å². The normalized spacial score (nSPS) is 20.7. The smallest absolute Gasteiger partial charge is 0.276 e. The van der Waals surface area contributed by atoms with Crippen molar-refractivity contribution in [3.8, 4) is 0 Å². The molecule has 6 heteroatoms. The lowest BCUT2D eigenvalue weighted by atomic mass is 10.1. The highest BCUT2D eigenvalue weighted by Crippen LogP contribution is 2.22. The topological polar surface area (TPSA) is 67.8 Å². The number of rotatable bonds is 3. The van der Waals surface area contributed by atoms with Crippen molar-refractivity contribution in [1.82, 2.24) is 4.83 Å². The minimum Gasteiger partial charge on any atom is -0.369 e. The molecule has 0 unspecified atom stereocenters. The van der Waals surface area contributed by atoms with E-state index in [0.29, 0.717) is 18.7 Å². The van der Waals surface area contributed by atoms with Gasteiger partial charge in [-0.1, -0.05) is 17.7 Å². The van der Waals surface area contributed by atoms with Crippen LogP contribution in [-0.2, 0) is 14.8 Å². The van der Waals surface area contributed by atoms with Crippen LogP contribution in [0.2, 0.25) is 0 Å². The van der Waals surface area contributed by atoms with Gasteiger partial charge in [0.05, 0.1) is 22.8 Å². The maximum Gasteiger partial charge on any atom is 0.276 e. The fourth-order valence-corrected chi connectivity index (χ4v) is 2.69. The molecule has 1 N–H and O–H groups in total. The summed E-state index contributed by atoms with van der Waals surface area (Å²) in [6.45, 7) is 6.17. The van der Waals surface area contributed by atoms with Crippen LogP contribution in [-0.4, -0.2) is 26.3 Å². The largest absolute Gasteiger partial charge is 0.369 e. The van der Waals surface area contributed by atoms with Gasteiger partial charge >= 0.3 is 0 Å². The SMILES string of the molecule is Cc1ccc(S(=O)(=O)N/N=C2\COC(C)(C)C2)cc1. The van der Waals surface area contributed by atoms with E-state index in [-0.39, 0.29) is 10.5 Å². The molecule has 104 valence electrons. The standard InChI is InChI=1S/C13H18N2O3S/c1-10-4-6-12(7-5-10)19(16,17)15-14-11-8-13(2,3)18-9-11/h4-7,15H,8-9H2,1-3H3/b14-11-. The van der Waals surface area contributed by atoms with Gasteiger partial charge in [0, 0.05) is 6.42 Å². The molecule has 5 nitrogen and oxygen atoms in total. The van der Waals surface area contributed by atoms with Crippen LogP contribution < -0.4 is 4.83 Å². The van der Waals surface area contributed by atoms with Crippen molar-refractivity contribution in [3.05, 3.63) is 29.8 Å². The number of aryl methyl sites for hydroxylation is 1. The maximum atomic E-state index is 12.0. The minimum atomic E-state index is -3.59. The highest BCUT2D eigenvalue weighted by atomic mass is 32.2. The van der Waals surface area contributed by atoms with Crippen molar-refractivity contribution in [1.29, 1.82) is 0 Å². The van der Waals surface area contributed by atoms with E-state index in [1.807, 2.05) is 20.8 Å². The van der Waals surface area contributed by atoms with Crippen molar-refractivity contribution < 1.29 is 13.2 Å². The molecule has 0 aliphatic carbocycles. The van der Waals surface area contributed by atoms with E-state index in [1.165, 1.54) is 0 Å². The number of benzene rings is 1. The van der Waals surface area contributed by atoms with E-state index in [0.717, 1.165) is 5.56 Å². The molecule has 1 fully saturated rings. The molecule has 0 spiro atoms. The van der Waals surface area contributed by atoms with Crippen LogP contribution in [0.4, 0.5) is 0 Å². The van der Waals surface area contributed by atoms with Gasteiger partial charge in [-0.3, -0.25) is 0 Å². The molecule has 1 saturated heterocycles. The van der Waals surface area contributed by atoms with Gasteiger partial charge in [0.1, 0.15) is 0 Å². The zero-order valence-corrected chi connectivity index (χ0v) is 12.1. The number of hydrogen-bond donors (Lipinski definition) is 1. The highest BCUT2D eigenvalue weighted by Gasteiger charge is 2.29. The summed E-state index contributed by atoms with van der Waals surface area (Å²) >= 11 is 0. The lowest BCUT2D eigenvalue weighted by Crippen LogP contribution is -2.21. The van der Waals surface area contributed by atoms with Crippen molar-refractivity contribution >= 4 is 15.7 Å². The summed E-state index contributed by atoms with van der Waals surface area (Å²) < 4.78 is 29.5. The first-order valence-electron chi connectivity index (χ1n) is 6.06. The lowest BCUT2D eigenvalue weighted by Gasteiger charge is -2.13. The van der Waals surface area contributed by atoms with Gasteiger partial charge < -0.3 is 4.74 Å². The second kappa shape index (κ2) is 4.94. The molecule has 0 amide bonds. The lowest BCUT2D eigenvalue weighted by molar-refractivity contribution is 0.0385. The van der Waals surface area contributed by atoms with Gasteiger partial charge in [0.15, 0.2) is 0 Å². The highest BCUT2D eigenvalue weighted by molar-refractivity contribution is 7.89. The average Bonchev–Trinajstić information content (AvgIpc) is 2.67. The Morgan fingerprint density at radius 3 is 2.42 bits per heavy atom. The predicted octanol–water partition coefficient (Wildman–Crippen LogP) is 1.83. The molecule has 0 bridgehead atoms. The molecule has 1 aliphatic rings. The molecule has 0 aromatic heterocycles. The summed E-state index contributed by atoms with van der Waals surface area (Å²) in [5, 5.41) is 3.94. The van der Waals surface area contributed by atoms with Gasteiger partial charge in [-0.2, -0.15) is 13.5 Å². The number of ether oxygens (including phenoxy) is 1. The number of nitrogens with zero attached hydrogens (tertiary/aromatic N) is 1. The molecular weight excluding hydrogens is 264 g/mol. The van der Waals surface area contributed by atoms with E-state index < -0.39 is 10.0 Å². The van der Waals surface area contributed by atoms with Crippen LogP contribution in [0.5, 0.6) is 0 Å². The number of hydrazone groups is 1. The molecule has 1 aromatic carbocycles. The molecule has 0 radical (unpaired) electrons. The van der Waals surface area contributed by atoms with E-state index in [2.05, 4.69) is 9.93 Å². The van der Waals surface area contributed by atoms with E-state index >= 15 is 0 Å². The molecule has 2 rings (SSSR count). The second-order valence-electron chi connectivity index (χ2n) is 5.31. The van der Waals surface area contributed by atoms with Crippen molar-refractivity contribution in [3.63, 3.8) is 0 Å². The quantitative estimate of drug-likeness (QED) is 0.860. The fraction of sp³-hybridized carbons (Fsp3) is 0.462. The molecule has 1 aliphatic heterocycles. The maximum absolute atomic E-state index is 12.0. The monoisotopic (exact) mass is 282 g/mol. The fourth-order valence-electron chi connectivity index (χ4n) is 1.84. The van der Waals surface area contributed by atoms with Crippen molar-refractivity contribution in [2.45, 2.75) is 37.7 Å². The van der Waals surface area contributed by atoms with Gasteiger partial charge in [-0.05, 0) is 32.9 Å². The zero-order chi connectivity index (χ0) is 14.1. The van der Waals surface area contributed by atoms with Crippen LogP contribution in [0.25, 0.3) is 0 Å². The van der Waals surface area contributed by atoms with E-state index in [4.69, 9.17) is 4.74 Å². The Morgan fingerprint density at radius 2 is 1.89 bits per heavy atom. The minimum absolute atomic E-state index is 0.209. The summed E-state index contributed by atoms with van der Waals surface area (Å²) in [7, 11) is -3.59. The molecule has 0 saturated carbocycles. The third kappa shape index (κ3) is 3.54. The third-order valence-electron chi connectivity index (χ3n) is 2.91. The summed E-state index contributed by atoms with van der Waals surface area (Å²) in [5.41, 5.74) is 1.45. The Kier molecular flexibility index (Phi) is 3.64. The molecule has 1 heterocycles. The first-order valence-corrected chi connectivity index (χ1v) is 7.55. The van der Waals surface area contributed by atoms with Crippen LogP contribution in [0.1, 0.15) is 25.8 Å². The Morgan fingerprint density at radius 1 is 1.26 bits per heavy atom. The van der Waals surface area contributed by atoms with Gasteiger partial charge in [0.2, 0.25) is 0 Å². The average molecular weight is 282 g/mol. The first kappa shape index (κ1) is 14.0. The van der Waals surface area contributed by atoms with Gasteiger partial charge in [-0.15, -0.1) is 0 Å². The summed E-state index contributed by atoms with van der Waals surface area (Å²) in [6.07, 6.45) is 0.628. The van der Waals surface area contributed by atoms with Gasteiger partial charge in [-0.25, -0.2) is 4.83 Å². The Balaban J connectivity index is 2.10. The van der Waals surface area contributed by atoms with Crippen molar-refractivity contribution in [2.24, 2.45) is 5.10 Å². The van der Waals surface area contributed by atoms with Crippen LogP contribution in [0, 0.1) is 6.92 Å². The molecule has 19 heavy (non-hydrogen) atoms. The molecular formula is C13H18N2O3S. The van der Waals surface area contributed by atoms with Crippen molar-refractivity contribution in [2.75, 3.05) is 6.61 Å². The number of hydrogen-bond acceptors (Lipinski definition) is 4.